The van der Waals surface area contributed by atoms with Crippen molar-refractivity contribution in [3.63, 3.8) is 0 Å². The zero-order chi connectivity index (χ0) is 20.1. The lowest BCUT2D eigenvalue weighted by Crippen LogP contribution is -2.30. The molecule has 0 unspecified atom stereocenters. The van der Waals surface area contributed by atoms with Gasteiger partial charge in [0.1, 0.15) is 11.3 Å². The summed E-state index contributed by atoms with van der Waals surface area (Å²) >= 11 is 0. The Labute approximate surface area is 164 Å². The van der Waals surface area contributed by atoms with Crippen molar-refractivity contribution in [3.8, 4) is 0 Å². The van der Waals surface area contributed by atoms with Crippen molar-refractivity contribution >= 4 is 34.3 Å². The fourth-order valence-corrected chi connectivity index (χ4v) is 2.87. The average Bonchev–Trinajstić information content (AvgIpc) is 3.07. The van der Waals surface area contributed by atoms with E-state index >= 15 is 0 Å². The summed E-state index contributed by atoms with van der Waals surface area (Å²) in [5, 5.41) is 9.49. The van der Waals surface area contributed by atoms with Crippen LogP contribution in [0.15, 0.2) is 59.0 Å². The SMILES string of the molecule is CC(C)CC(=O)Nc1ccc(NC(=O)N[C@H](C)c2cc3ccccc3o2)cc1. The number of fused-ring (bicyclic) bond motifs is 1. The minimum Gasteiger partial charge on any atom is -0.459 e. The summed E-state index contributed by atoms with van der Waals surface area (Å²) in [5.41, 5.74) is 2.13. The Bertz CT molecular complexity index is 928. The van der Waals surface area contributed by atoms with Crippen molar-refractivity contribution in [3.05, 3.63) is 60.4 Å². The number of nitrogens with one attached hydrogen (secondary N) is 3. The molecule has 0 spiro atoms. The lowest BCUT2D eigenvalue weighted by molar-refractivity contribution is -0.116. The summed E-state index contributed by atoms with van der Waals surface area (Å²) in [6, 6.07) is 16.1. The molecular formula is C22H25N3O3. The second-order valence-corrected chi connectivity index (χ2v) is 7.23. The summed E-state index contributed by atoms with van der Waals surface area (Å²) in [4.78, 5) is 24.1. The van der Waals surface area contributed by atoms with Gasteiger partial charge in [-0.25, -0.2) is 4.79 Å². The van der Waals surface area contributed by atoms with E-state index in [1.54, 1.807) is 24.3 Å². The highest BCUT2D eigenvalue weighted by Crippen LogP contribution is 2.23. The van der Waals surface area contributed by atoms with E-state index in [4.69, 9.17) is 4.42 Å². The number of carbonyl (C=O) groups excluding carboxylic acids is 2. The lowest BCUT2D eigenvalue weighted by atomic mass is 10.1. The highest BCUT2D eigenvalue weighted by Gasteiger charge is 2.14. The minimum absolute atomic E-state index is 0.0203. The molecule has 3 N–H and O–H groups in total. The molecule has 0 fully saturated rings. The van der Waals surface area contributed by atoms with E-state index < -0.39 is 0 Å². The smallest absolute Gasteiger partial charge is 0.319 e. The molecule has 146 valence electrons. The van der Waals surface area contributed by atoms with Crippen molar-refractivity contribution in [2.45, 2.75) is 33.2 Å². The minimum atomic E-state index is -0.329. The third-order valence-electron chi connectivity index (χ3n) is 4.24. The van der Waals surface area contributed by atoms with Gasteiger partial charge in [-0.05, 0) is 49.2 Å². The maximum atomic E-state index is 12.3. The van der Waals surface area contributed by atoms with Gasteiger partial charge in [-0.15, -0.1) is 0 Å². The maximum absolute atomic E-state index is 12.3. The number of hydrogen-bond acceptors (Lipinski definition) is 3. The van der Waals surface area contributed by atoms with E-state index in [1.165, 1.54) is 0 Å². The highest BCUT2D eigenvalue weighted by molar-refractivity contribution is 5.92. The van der Waals surface area contributed by atoms with Gasteiger partial charge in [0.2, 0.25) is 5.91 Å². The van der Waals surface area contributed by atoms with E-state index in [0.717, 1.165) is 11.0 Å². The van der Waals surface area contributed by atoms with Crippen LogP contribution in [0.5, 0.6) is 0 Å². The second kappa shape index (κ2) is 8.61. The van der Waals surface area contributed by atoms with Crippen molar-refractivity contribution in [2.24, 2.45) is 5.92 Å². The third-order valence-corrected chi connectivity index (χ3v) is 4.24. The van der Waals surface area contributed by atoms with Crippen LogP contribution in [0.1, 0.15) is 39.0 Å². The number of para-hydroxylation sites is 1. The molecule has 0 aliphatic heterocycles. The van der Waals surface area contributed by atoms with Crippen molar-refractivity contribution in [2.75, 3.05) is 10.6 Å². The summed E-state index contributed by atoms with van der Waals surface area (Å²) in [6.45, 7) is 5.86. The first-order chi connectivity index (χ1) is 13.4. The topological polar surface area (TPSA) is 83.4 Å². The predicted octanol–water partition coefficient (Wildman–Crippen LogP) is 5.30. The Morgan fingerprint density at radius 3 is 2.21 bits per heavy atom. The van der Waals surface area contributed by atoms with Crippen LogP contribution >= 0.6 is 0 Å². The Morgan fingerprint density at radius 2 is 1.57 bits per heavy atom. The molecule has 0 bridgehead atoms. The van der Waals surface area contributed by atoms with E-state index in [9.17, 15) is 9.59 Å². The largest absolute Gasteiger partial charge is 0.459 e. The molecule has 0 saturated carbocycles. The zero-order valence-electron chi connectivity index (χ0n) is 16.3. The summed E-state index contributed by atoms with van der Waals surface area (Å²) in [7, 11) is 0. The number of hydrogen-bond donors (Lipinski definition) is 3. The van der Waals surface area contributed by atoms with E-state index in [-0.39, 0.29) is 18.0 Å². The lowest BCUT2D eigenvalue weighted by Gasteiger charge is -2.13. The van der Waals surface area contributed by atoms with E-state index in [1.807, 2.05) is 51.1 Å². The van der Waals surface area contributed by atoms with Gasteiger partial charge in [-0.2, -0.15) is 0 Å². The van der Waals surface area contributed by atoms with Gasteiger partial charge in [-0.3, -0.25) is 4.79 Å². The number of carbonyl (C=O) groups is 2. The zero-order valence-corrected chi connectivity index (χ0v) is 16.3. The molecule has 6 heteroatoms. The molecule has 1 heterocycles. The summed E-state index contributed by atoms with van der Waals surface area (Å²) < 4.78 is 5.78. The molecule has 0 radical (unpaired) electrons. The Hall–Kier alpha value is -3.28. The number of rotatable bonds is 6. The highest BCUT2D eigenvalue weighted by atomic mass is 16.3. The second-order valence-electron chi connectivity index (χ2n) is 7.23. The standard InChI is InChI=1S/C22H25N3O3/c1-14(2)12-21(26)24-17-8-10-18(11-9-17)25-22(27)23-15(3)20-13-16-6-4-5-7-19(16)28-20/h4-11,13-15H,12H2,1-3H3,(H,24,26)(H2,23,25,27)/t15-/m1/s1. The van der Waals surface area contributed by atoms with Crippen LogP contribution in [-0.2, 0) is 4.79 Å². The van der Waals surface area contributed by atoms with Crippen molar-refractivity contribution < 1.29 is 14.0 Å². The molecule has 1 atom stereocenters. The summed E-state index contributed by atoms with van der Waals surface area (Å²) in [6.07, 6.45) is 0.474. The molecule has 3 aromatic rings. The third kappa shape index (κ3) is 5.13. The van der Waals surface area contributed by atoms with Crippen LogP contribution in [0, 0.1) is 5.92 Å². The molecule has 0 aliphatic carbocycles. The predicted molar refractivity (Wildman–Crippen MR) is 111 cm³/mol. The van der Waals surface area contributed by atoms with Gasteiger partial charge in [-0.1, -0.05) is 32.0 Å². The van der Waals surface area contributed by atoms with Gasteiger partial charge in [0.25, 0.3) is 0 Å². The van der Waals surface area contributed by atoms with Crippen molar-refractivity contribution in [1.29, 1.82) is 0 Å². The Balaban J connectivity index is 1.54. The fourth-order valence-electron chi connectivity index (χ4n) is 2.87. The molecule has 3 amide bonds. The van der Waals surface area contributed by atoms with E-state index in [0.29, 0.717) is 29.5 Å². The molecule has 28 heavy (non-hydrogen) atoms. The Morgan fingerprint density at radius 1 is 0.929 bits per heavy atom. The van der Waals surface area contributed by atoms with Crippen LogP contribution < -0.4 is 16.0 Å². The first kappa shape index (κ1) is 19.5. The number of amides is 3. The van der Waals surface area contributed by atoms with Crippen LogP contribution in [0.3, 0.4) is 0 Å². The average molecular weight is 379 g/mol. The number of benzene rings is 2. The molecule has 1 aromatic heterocycles. The normalized spacial score (nSPS) is 12.0. The van der Waals surface area contributed by atoms with Gasteiger partial charge < -0.3 is 20.4 Å². The first-order valence-electron chi connectivity index (χ1n) is 9.36. The van der Waals surface area contributed by atoms with Gasteiger partial charge in [0.15, 0.2) is 0 Å². The Kier molecular flexibility index (Phi) is 5.99. The molecule has 2 aromatic carbocycles. The maximum Gasteiger partial charge on any atom is 0.319 e. The first-order valence-corrected chi connectivity index (χ1v) is 9.36. The van der Waals surface area contributed by atoms with Crippen molar-refractivity contribution in [1.82, 2.24) is 5.32 Å². The van der Waals surface area contributed by atoms with Crippen LogP contribution in [-0.4, -0.2) is 11.9 Å². The van der Waals surface area contributed by atoms with Crippen LogP contribution in [0.25, 0.3) is 11.0 Å². The number of furan rings is 1. The van der Waals surface area contributed by atoms with Gasteiger partial charge >= 0.3 is 6.03 Å². The molecule has 0 saturated heterocycles. The molecule has 0 aliphatic rings. The number of anilines is 2. The number of urea groups is 1. The molecule has 3 rings (SSSR count). The molecule has 6 nitrogen and oxygen atoms in total. The monoisotopic (exact) mass is 379 g/mol. The van der Waals surface area contributed by atoms with Gasteiger partial charge in [0.05, 0.1) is 6.04 Å². The van der Waals surface area contributed by atoms with E-state index in [2.05, 4.69) is 16.0 Å². The summed E-state index contributed by atoms with van der Waals surface area (Å²) in [5.74, 6) is 0.978. The van der Waals surface area contributed by atoms with Crippen LogP contribution in [0.2, 0.25) is 0 Å². The quantitative estimate of drug-likeness (QED) is 0.543. The van der Waals surface area contributed by atoms with Crippen LogP contribution in [0.4, 0.5) is 16.2 Å². The van der Waals surface area contributed by atoms with Gasteiger partial charge in [0, 0.05) is 23.2 Å². The fraction of sp³-hybridized carbons (Fsp3) is 0.273. The molecular weight excluding hydrogens is 354 g/mol.